The minimum Gasteiger partial charge on any atom is -0.353 e. The van der Waals surface area contributed by atoms with Gasteiger partial charge >= 0.3 is 0 Å². The summed E-state index contributed by atoms with van der Waals surface area (Å²) in [5.41, 5.74) is 2.18. The summed E-state index contributed by atoms with van der Waals surface area (Å²) in [4.78, 5) is 25.6. The molecule has 2 fully saturated rings. The van der Waals surface area contributed by atoms with Crippen molar-refractivity contribution in [3.63, 3.8) is 0 Å². The van der Waals surface area contributed by atoms with Gasteiger partial charge in [-0.05, 0) is 38.8 Å². The highest BCUT2D eigenvalue weighted by atomic mass is 35.5. The Bertz CT molecular complexity index is 887. The lowest BCUT2D eigenvalue weighted by Gasteiger charge is -2.36. The normalized spacial score (nSPS) is 17.1. The zero-order chi connectivity index (χ0) is 19.8. The van der Waals surface area contributed by atoms with Gasteiger partial charge in [-0.25, -0.2) is 14.4 Å². The van der Waals surface area contributed by atoms with Gasteiger partial charge in [0.25, 0.3) is 0 Å². The summed E-state index contributed by atoms with van der Waals surface area (Å²) in [5, 5.41) is 0.408. The summed E-state index contributed by atoms with van der Waals surface area (Å²) in [7, 11) is 0. The van der Waals surface area contributed by atoms with E-state index in [0.717, 1.165) is 29.9 Å². The monoisotopic (exact) mass is 402 g/mol. The number of hydrogen-bond acceptors (Lipinski definition) is 4. The molecule has 148 valence electrons. The molecule has 2 aliphatic rings. The van der Waals surface area contributed by atoms with Crippen molar-refractivity contribution >= 4 is 23.3 Å². The molecule has 1 aliphatic carbocycles. The fourth-order valence-corrected chi connectivity index (χ4v) is 4.02. The number of piperazine rings is 1. The molecule has 28 heavy (non-hydrogen) atoms. The summed E-state index contributed by atoms with van der Waals surface area (Å²) in [6.45, 7) is 6.60. The van der Waals surface area contributed by atoms with Crippen molar-refractivity contribution in [2.75, 3.05) is 31.1 Å². The number of anilines is 1. The molecule has 4 rings (SSSR count). The van der Waals surface area contributed by atoms with E-state index in [1.54, 1.807) is 12.1 Å². The van der Waals surface area contributed by atoms with Crippen molar-refractivity contribution in [1.29, 1.82) is 0 Å². The Morgan fingerprint density at radius 3 is 2.50 bits per heavy atom. The fraction of sp³-hybridized carbons (Fsp3) is 0.476. The molecule has 1 aromatic carbocycles. The van der Waals surface area contributed by atoms with E-state index < -0.39 is 0 Å². The minimum atomic E-state index is -0.321. The number of aromatic nitrogens is 2. The van der Waals surface area contributed by atoms with Gasteiger partial charge in [0.1, 0.15) is 17.5 Å². The average molecular weight is 403 g/mol. The van der Waals surface area contributed by atoms with Gasteiger partial charge < -0.3 is 9.80 Å². The number of halogens is 2. The Morgan fingerprint density at radius 1 is 1.14 bits per heavy atom. The molecule has 2 aromatic rings. The highest BCUT2D eigenvalue weighted by Gasteiger charge is 2.35. The third-order valence-electron chi connectivity index (χ3n) is 5.54. The van der Waals surface area contributed by atoms with Crippen molar-refractivity contribution in [2.24, 2.45) is 5.92 Å². The van der Waals surface area contributed by atoms with E-state index in [0.29, 0.717) is 49.0 Å². The summed E-state index contributed by atoms with van der Waals surface area (Å²) in [6, 6.07) is 4.73. The maximum Gasteiger partial charge on any atom is 0.225 e. The van der Waals surface area contributed by atoms with Crippen LogP contribution >= 0.6 is 11.6 Å². The Kier molecular flexibility index (Phi) is 5.23. The number of carbonyl (C=O) groups is 1. The molecular formula is C21H24ClFN4O. The zero-order valence-corrected chi connectivity index (χ0v) is 17.0. The number of hydrogen-bond donors (Lipinski definition) is 0. The number of rotatable bonds is 4. The van der Waals surface area contributed by atoms with Gasteiger partial charge in [0.15, 0.2) is 0 Å². The van der Waals surface area contributed by atoms with Crippen LogP contribution in [-0.2, 0) is 11.2 Å². The van der Waals surface area contributed by atoms with Crippen LogP contribution in [0.5, 0.6) is 0 Å². The van der Waals surface area contributed by atoms with E-state index >= 15 is 0 Å². The molecular weight excluding hydrogens is 379 g/mol. The standard InChI is InChI=1S/C21H24ClFN4O/c1-13-16(12-17-18(22)4-3-5-19(17)23)20(25-14(2)24-13)26-8-10-27(11-9-26)21(28)15-6-7-15/h3-5,15H,6-12H2,1-2H3. The number of amides is 1. The minimum absolute atomic E-state index is 0.244. The second kappa shape index (κ2) is 7.66. The van der Waals surface area contributed by atoms with Gasteiger partial charge in [0.05, 0.1) is 0 Å². The van der Waals surface area contributed by atoms with Crippen LogP contribution in [0.15, 0.2) is 18.2 Å². The van der Waals surface area contributed by atoms with Gasteiger partial charge in [0.2, 0.25) is 5.91 Å². The smallest absolute Gasteiger partial charge is 0.225 e. The lowest BCUT2D eigenvalue weighted by atomic mass is 10.0. The molecule has 7 heteroatoms. The van der Waals surface area contributed by atoms with Gasteiger partial charge in [-0.2, -0.15) is 0 Å². The molecule has 1 saturated carbocycles. The first-order chi connectivity index (χ1) is 13.4. The molecule has 0 radical (unpaired) electrons. The number of nitrogens with zero attached hydrogens (tertiary/aromatic N) is 4. The maximum absolute atomic E-state index is 14.4. The predicted octanol–water partition coefficient (Wildman–Crippen LogP) is 3.54. The first kappa shape index (κ1) is 19.1. The molecule has 0 atom stereocenters. The van der Waals surface area contributed by atoms with Crippen molar-refractivity contribution in [3.8, 4) is 0 Å². The lowest BCUT2D eigenvalue weighted by Crippen LogP contribution is -2.49. The summed E-state index contributed by atoms with van der Waals surface area (Å²) in [5.74, 6) is 1.72. The zero-order valence-electron chi connectivity index (χ0n) is 16.2. The largest absolute Gasteiger partial charge is 0.353 e. The quantitative estimate of drug-likeness (QED) is 0.784. The van der Waals surface area contributed by atoms with E-state index in [-0.39, 0.29) is 17.6 Å². The number of aryl methyl sites for hydroxylation is 2. The van der Waals surface area contributed by atoms with E-state index in [1.165, 1.54) is 6.07 Å². The second-order valence-electron chi connectivity index (χ2n) is 7.62. The molecule has 5 nitrogen and oxygen atoms in total. The average Bonchev–Trinajstić information content (AvgIpc) is 3.51. The highest BCUT2D eigenvalue weighted by molar-refractivity contribution is 6.31. The Hall–Kier alpha value is -2.21. The Labute approximate surface area is 169 Å². The molecule has 0 N–H and O–H groups in total. The van der Waals surface area contributed by atoms with Crippen LogP contribution < -0.4 is 4.90 Å². The summed E-state index contributed by atoms with van der Waals surface area (Å²) in [6.07, 6.45) is 2.39. The molecule has 0 unspecified atom stereocenters. The van der Waals surface area contributed by atoms with Gasteiger partial charge in [-0.3, -0.25) is 4.79 Å². The first-order valence-electron chi connectivity index (χ1n) is 9.74. The van der Waals surface area contributed by atoms with Crippen molar-refractivity contribution < 1.29 is 9.18 Å². The summed E-state index contributed by atoms with van der Waals surface area (Å²) < 4.78 is 14.4. The molecule has 2 heterocycles. The Morgan fingerprint density at radius 2 is 1.86 bits per heavy atom. The van der Waals surface area contributed by atoms with Crippen LogP contribution in [0.1, 0.15) is 35.5 Å². The molecule has 1 aromatic heterocycles. The van der Waals surface area contributed by atoms with Crippen LogP contribution in [-0.4, -0.2) is 47.0 Å². The van der Waals surface area contributed by atoms with Gasteiger partial charge in [-0.1, -0.05) is 17.7 Å². The first-order valence-corrected chi connectivity index (χ1v) is 10.1. The van der Waals surface area contributed by atoms with E-state index in [1.807, 2.05) is 18.7 Å². The van der Waals surface area contributed by atoms with Crippen molar-refractivity contribution in [2.45, 2.75) is 33.1 Å². The lowest BCUT2D eigenvalue weighted by molar-refractivity contribution is -0.132. The fourth-order valence-electron chi connectivity index (χ4n) is 3.79. The van der Waals surface area contributed by atoms with Gasteiger partial charge in [-0.15, -0.1) is 0 Å². The van der Waals surface area contributed by atoms with E-state index in [9.17, 15) is 9.18 Å². The topological polar surface area (TPSA) is 49.3 Å². The van der Waals surface area contributed by atoms with E-state index in [4.69, 9.17) is 11.6 Å². The maximum atomic E-state index is 14.4. The molecule has 1 aliphatic heterocycles. The number of benzene rings is 1. The number of carbonyl (C=O) groups excluding carboxylic acids is 1. The third-order valence-corrected chi connectivity index (χ3v) is 5.89. The SMILES string of the molecule is Cc1nc(C)c(Cc2c(F)cccc2Cl)c(N2CCN(C(=O)C3CC3)CC2)n1. The third kappa shape index (κ3) is 3.83. The van der Waals surface area contributed by atoms with Crippen LogP contribution in [0, 0.1) is 25.6 Å². The van der Waals surface area contributed by atoms with Crippen molar-refractivity contribution in [3.05, 3.63) is 51.7 Å². The van der Waals surface area contributed by atoms with Crippen molar-refractivity contribution in [1.82, 2.24) is 14.9 Å². The van der Waals surface area contributed by atoms with Crippen LogP contribution in [0.2, 0.25) is 5.02 Å². The second-order valence-corrected chi connectivity index (χ2v) is 8.03. The van der Waals surface area contributed by atoms with Crippen LogP contribution in [0.25, 0.3) is 0 Å². The molecule has 0 bridgehead atoms. The molecule has 0 spiro atoms. The molecule has 1 saturated heterocycles. The molecule has 1 amide bonds. The highest BCUT2D eigenvalue weighted by Crippen LogP contribution is 2.32. The van der Waals surface area contributed by atoms with Crippen LogP contribution in [0.3, 0.4) is 0 Å². The van der Waals surface area contributed by atoms with Gasteiger partial charge in [0, 0.05) is 60.4 Å². The van der Waals surface area contributed by atoms with E-state index in [2.05, 4.69) is 14.9 Å². The van der Waals surface area contributed by atoms with Crippen LogP contribution in [0.4, 0.5) is 10.2 Å². The Balaban J connectivity index is 1.59. The predicted molar refractivity (Wildman–Crippen MR) is 107 cm³/mol. The summed E-state index contributed by atoms with van der Waals surface area (Å²) >= 11 is 6.25.